The van der Waals surface area contributed by atoms with E-state index in [2.05, 4.69) is 0 Å². The van der Waals surface area contributed by atoms with Crippen molar-refractivity contribution in [3.05, 3.63) is 99.8 Å². The van der Waals surface area contributed by atoms with E-state index in [1.54, 1.807) is 12.1 Å². The fourth-order valence-electron chi connectivity index (χ4n) is 3.60. The Morgan fingerprint density at radius 2 is 1.59 bits per heavy atom. The van der Waals surface area contributed by atoms with Gasteiger partial charge in [-0.15, -0.1) is 0 Å². The third kappa shape index (κ3) is 2.59. The van der Waals surface area contributed by atoms with Crippen molar-refractivity contribution in [2.75, 3.05) is 0 Å². The number of Topliss-reactive ketones (excluding diaryl/α,β-unsaturated/α-hetero) is 1. The molecule has 134 valence electrons. The lowest BCUT2D eigenvalue weighted by Crippen LogP contribution is -2.43. The van der Waals surface area contributed by atoms with Gasteiger partial charge in [-0.3, -0.25) is 14.9 Å². The van der Waals surface area contributed by atoms with Crippen molar-refractivity contribution in [1.82, 2.24) is 4.90 Å². The maximum atomic E-state index is 13.4. The molecule has 27 heavy (non-hydrogen) atoms. The number of aryl methyl sites for hydroxylation is 1. The van der Waals surface area contributed by atoms with Gasteiger partial charge in [0.05, 0.1) is 16.2 Å². The van der Waals surface area contributed by atoms with E-state index in [1.165, 1.54) is 12.1 Å². The lowest BCUT2D eigenvalue weighted by Gasteiger charge is -2.34. The summed E-state index contributed by atoms with van der Waals surface area (Å²) in [5.41, 5.74) is 3.35. The minimum Gasteiger partial charge on any atom is -0.330 e. The fourth-order valence-corrected chi connectivity index (χ4v) is 3.60. The molecule has 4 rings (SSSR count). The Bertz CT molecular complexity index is 1030. The van der Waals surface area contributed by atoms with Crippen LogP contribution in [0.1, 0.15) is 23.6 Å². The minimum absolute atomic E-state index is 0.00501. The first-order chi connectivity index (χ1) is 12.9. The van der Waals surface area contributed by atoms with E-state index in [9.17, 15) is 14.9 Å². The molecule has 2 aromatic carbocycles. The maximum absolute atomic E-state index is 13.4. The first-order valence-corrected chi connectivity index (χ1v) is 8.68. The summed E-state index contributed by atoms with van der Waals surface area (Å²) in [4.78, 5) is 25.9. The summed E-state index contributed by atoms with van der Waals surface area (Å²) >= 11 is 0. The number of hydrogen-bond acceptors (Lipinski definition) is 4. The highest BCUT2D eigenvalue weighted by Crippen LogP contribution is 2.46. The van der Waals surface area contributed by atoms with Crippen molar-refractivity contribution in [2.45, 2.75) is 19.4 Å². The van der Waals surface area contributed by atoms with Gasteiger partial charge in [0.2, 0.25) is 0 Å². The normalized spacial score (nSPS) is 21.0. The second-order valence-corrected chi connectivity index (χ2v) is 6.94. The van der Waals surface area contributed by atoms with Crippen LogP contribution in [-0.4, -0.2) is 21.1 Å². The molecule has 0 radical (unpaired) electrons. The highest BCUT2D eigenvalue weighted by Gasteiger charge is 2.48. The molecule has 1 unspecified atom stereocenters. The number of rotatable bonds is 3. The van der Waals surface area contributed by atoms with Gasteiger partial charge in [-0.05, 0) is 43.2 Å². The van der Waals surface area contributed by atoms with Crippen LogP contribution >= 0.6 is 0 Å². The predicted molar refractivity (Wildman–Crippen MR) is 105 cm³/mol. The summed E-state index contributed by atoms with van der Waals surface area (Å²) in [7, 11) is 0. The standard InChI is InChI=1S/C22H18N2O3/c1-15-5-7-17(8-6-15)20-19(16-9-11-18(12-10-16)24(26)27)21(25)22(2)13-3-4-14-23(20)22/h3-14H,1-2H3. The van der Waals surface area contributed by atoms with Crippen molar-refractivity contribution >= 4 is 22.7 Å². The number of nitro benzene ring substituents is 1. The first kappa shape index (κ1) is 17.0. The molecular formula is C22H18N2O3. The first-order valence-electron chi connectivity index (χ1n) is 8.68. The number of hydrogen-bond donors (Lipinski definition) is 0. The molecular weight excluding hydrogens is 340 g/mol. The predicted octanol–water partition coefficient (Wildman–Crippen LogP) is 4.50. The minimum atomic E-state index is -0.800. The molecule has 5 heteroatoms. The molecule has 0 spiro atoms. The van der Waals surface area contributed by atoms with Crippen LogP contribution in [0.2, 0.25) is 0 Å². The maximum Gasteiger partial charge on any atom is 0.269 e. The number of carbonyl (C=O) groups excluding carboxylic acids is 1. The van der Waals surface area contributed by atoms with Crippen molar-refractivity contribution in [2.24, 2.45) is 0 Å². The van der Waals surface area contributed by atoms with Gasteiger partial charge >= 0.3 is 0 Å². The molecule has 2 heterocycles. The SMILES string of the molecule is Cc1ccc(C2=C(c3ccc([N+](=O)[O-])cc3)C(=O)C3(C)C=CC=CN23)cc1. The van der Waals surface area contributed by atoms with E-state index in [-0.39, 0.29) is 11.5 Å². The lowest BCUT2D eigenvalue weighted by molar-refractivity contribution is -0.384. The zero-order chi connectivity index (χ0) is 19.2. The number of carbonyl (C=O) groups is 1. The third-order valence-corrected chi connectivity index (χ3v) is 5.12. The van der Waals surface area contributed by atoms with E-state index < -0.39 is 10.5 Å². The Kier molecular flexibility index (Phi) is 3.81. The second kappa shape index (κ2) is 6.06. The van der Waals surface area contributed by atoms with Gasteiger partial charge in [0.25, 0.3) is 5.69 Å². The van der Waals surface area contributed by atoms with Gasteiger partial charge in [0, 0.05) is 18.3 Å². The molecule has 0 amide bonds. The molecule has 2 aromatic rings. The van der Waals surface area contributed by atoms with Crippen LogP contribution in [0.25, 0.3) is 11.3 Å². The average molecular weight is 358 g/mol. The quantitative estimate of drug-likeness (QED) is 0.599. The Labute approximate surface area is 157 Å². The van der Waals surface area contributed by atoms with Gasteiger partial charge in [0.1, 0.15) is 5.54 Å². The number of fused-ring (bicyclic) bond motifs is 1. The Morgan fingerprint density at radius 1 is 0.963 bits per heavy atom. The van der Waals surface area contributed by atoms with Crippen LogP contribution < -0.4 is 0 Å². The van der Waals surface area contributed by atoms with Crippen LogP contribution in [0.3, 0.4) is 0 Å². The monoisotopic (exact) mass is 358 g/mol. The van der Waals surface area contributed by atoms with Crippen molar-refractivity contribution < 1.29 is 9.72 Å². The van der Waals surface area contributed by atoms with Gasteiger partial charge in [-0.1, -0.05) is 42.0 Å². The molecule has 0 N–H and O–H groups in total. The summed E-state index contributed by atoms with van der Waals surface area (Å²) in [5, 5.41) is 11.0. The molecule has 2 aliphatic heterocycles. The highest BCUT2D eigenvalue weighted by atomic mass is 16.6. The van der Waals surface area contributed by atoms with Crippen molar-refractivity contribution in [1.29, 1.82) is 0 Å². The number of benzene rings is 2. The zero-order valence-electron chi connectivity index (χ0n) is 15.0. The molecule has 0 aromatic heterocycles. The molecule has 2 aliphatic rings. The van der Waals surface area contributed by atoms with E-state index in [0.29, 0.717) is 11.1 Å². The molecule has 0 saturated heterocycles. The Balaban J connectivity index is 1.94. The lowest BCUT2D eigenvalue weighted by atomic mass is 9.89. The Hall–Kier alpha value is -3.47. The largest absolute Gasteiger partial charge is 0.330 e. The number of nitro groups is 1. The molecule has 0 bridgehead atoms. The van der Waals surface area contributed by atoms with Crippen molar-refractivity contribution in [3.63, 3.8) is 0 Å². The summed E-state index contributed by atoms with van der Waals surface area (Å²) in [6.07, 6.45) is 7.58. The zero-order valence-corrected chi connectivity index (χ0v) is 15.0. The summed E-state index contributed by atoms with van der Waals surface area (Å²) in [6, 6.07) is 14.2. The van der Waals surface area contributed by atoms with Gasteiger partial charge in [-0.2, -0.15) is 0 Å². The van der Waals surface area contributed by atoms with E-state index >= 15 is 0 Å². The van der Waals surface area contributed by atoms with Crippen LogP contribution in [0, 0.1) is 17.0 Å². The average Bonchev–Trinajstić information content (AvgIpc) is 2.90. The van der Waals surface area contributed by atoms with E-state index in [0.717, 1.165) is 16.8 Å². The molecule has 5 nitrogen and oxygen atoms in total. The van der Waals surface area contributed by atoms with Gasteiger partial charge in [0.15, 0.2) is 5.78 Å². The number of allylic oxidation sites excluding steroid dienone is 2. The van der Waals surface area contributed by atoms with Crippen LogP contribution in [0.5, 0.6) is 0 Å². The molecule has 0 aliphatic carbocycles. The fraction of sp³-hybridized carbons (Fsp3) is 0.136. The van der Waals surface area contributed by atoms with E-state index in [1.807, 2.05) is 67.4 Å². The van der Waals surface area contributed by atoms with Crippen LogP contribution in [0.15, 0.2) is 73.0 Å². The number of non-ortho nitro benzene ring substituents is 1. The Morgan fingerprint density at radius 3 is 2.22 bits per heavy atom. The number of nitrogens with zero attached hydrogens (tertiary/aromatic N) is 2. The third-order valence-electron chi connectivity index (χ3n) is 5.12. The highest BCUT2D eigenvalue weighted by molar-refractivity contribution is 6.35. The number of ketones is 1. The van der Waals surface area contributed by atoms with Crippen LogP contribution in [0.4, 0.5) is 5.69 Å². The summed E-state index contributed by atoms with van der Waals surface area (Å²) in [6.45, 7) is 3.91. The van der Waals surface area contributed by atoms with Gasteiger partial charge < -0.3 is 4.90 Å². The van der Waals surface area contributed by atoms with Crippen LogP contribution in [-0.2, 0) is 4.79 Å². The summed E-state index contributed by atoms with van der Waals surface area (Å²) < 4.78 is 0. The van der Waals surface area contributed by atoms with E-state index in [4.69, 9.17) is 0 Å². The second-order valence-electron chi connectivity index (χ2n) is 6.94. The topological polar surface area (TPSA) is 63.5 Å². The van der Waals surface area contributed by atoms with Gasteiger partial charge in [-0.25, -0.2) is 0 Å². The van der Waals surface area contributed by atoms with Crippen molar-refractivity contribution in [3.8, 4) is 0 Å². The molecule has 1 atom stereocenters. The smallest absolute Gasteiger partial charge is 0.269 e. The molecule has 0 saturated carbocycles. The molecule has 0 fully saturated rings. The summed E-state index contributed by atoms with van der Waals surface area (Å²) in [5.74, 6) is -0.0208.